The number of nitrogens with zero attached hydrogens (tertiary/aromatic N) is 3. The van der Waals surface area contributed by atoms with Crippen LogP contribution >= 0.6 is 0 Å². The second kappa shape index (κ2) is 9.30. The van der Waals surface area contributed by atoms with Gasteiger partial charge >= 0.3 is 6.01 Å². The molecule has 0 saturated carbocycles. The summed E-state index contributed by atoms with van der Waals surface area (Å²) in [6.07, 6.45) is 1.07. The van der Waals surface area contributed by atoms with Crippen LogP contribution in [0.4, 0.5) is 11.9 Å². The van der Waals surface area contributed by atoms with Gasteiger partial charge in [-0.05, 0) is 19.3 Å². The fourth-order valence-corrected chi connectivity index (χ4v) is 1.42. The second-order valence-corrected chi connectivity index (χ2v) is 4.72. The van der Waals surface area contributed by atoms with E-state index in [-0.39, 0.29) is 0 Å². The third kappa shape index (κ3) is 6.51. The normalized spacial score (nSPS) is 10.7. The minimum Gasteiger partial charge on any atom is -0.467 e. The number of nitrogens with one attached hydrogen (secondary N) is 2. The van der Waals surface area contributed by atoms with Crippen molar-refractivity contribution in [3.63, 3.8) is 0 Å². The van der Waals surface area contributed by atoms with Crippen LogP contribution in [0.1, 0.15) is 27.2 Å². The standard InChI is InChI=1S/C13H25N5O2/c1-5-14-11-16-12(18-13(17-11)19-4)15-7-9-20-8-6-10(2)3/h10H,5-9H2,1-4H3,(H2,14,15,16,17,18). The fourth-order valence-electron chi connectivity index (χ4n) is 1.42. The summed E-state index contributed by atoms with van der Waals surface area (Å²) < 4.78 is 10.6. The summed E-state index contributed by atoms with van der Waals surface area (Å²) in [6.45, 7) is 9.13. The minimum atomic E-state index is 0.291. The van der Waals surface area contributed by atoms with E-state index in [0.717, 1.165) is 19.6 Å². The van der Waals surface area contributed by atoms with Gasteiger partial charge in [0.2, 0.25) is 11.9 Å². The predicted molar refractivity (Wildman–Crippen MR) is 79.3 cm³/mol. The number of ether oxygens (including phenoxy) is 2. The van der Waals surface area contributed by atoms with Gasteiger partial charge in [-0.2, -0.15) is 15.0 Å². The van der Waals surface area contributed by atoms with E-state index in [4.69, 9.17) is 9.47 Å². The van der Waals surface area contributed by atoms with Gasteiger partial charge in [-0.15, -0.1) is 0 Å². The molecule has 0 bridgehead atoms. The maximum Gasteiger partial charge on any atom is 0.322 e. The molecular weight excluding hydrogens is 258 g/mol. The van der Waals surface area contributed by atoms with Crippen LogP contribution in [0.2, 0.25) is 0 Å². The molecule has 0 unspecified atom stereocenters. The smallest absolute Gasteiger partial charge is 0.322 e. The molecule has 114 valence electrons. The van der Waals surface area contributed by atoms with Crippen molar-refractivity contribution in [1.29, 1.82) is 0 Å². The number of aromatic nitrogens is 3. The van der Waals surface area contributed by atoms with Crippen LogP contribution in [-0.4, -0.2) is 48.4 Å². The van der Waals surface area contributed by atoms with Gasteiger partial charge in [0.1, 0.15) is 0 Å². The van der Waals surface area contributed by atoms with Crippen molar-refractivity contribution >= 4 is 11.9 Å². The number of rotatable bonds is 10. The Hall–Kier alpha value is -1.63. The van der Waals surface area contributed by atoms with Crippen molar-refractivity contribution in [3.05, 3.63) is 0 Å². The van der Waals surface area contributed by atoms with Gasteiger partial charge in [0.05, 0.1) is 13.7 Å². The first-order valence-corrected chi connectivity index (χ1v) is 7.01. The monoisotopic (exact) mass is 283 g/mol. The molecule has 1 rings (SSSR count). The molecule has 7 heteroatoms. The van der Waals surface area contributed by atoms with E-state index in [2.05, 4.69) is 39.4 Å². The lowest BCUT2D eigenvalue weighted by Gasteiger charge is -2.09. The molecule has 2 N–H and O–H groups in total. The molecule has 0 radical (unpaired) electrons. The minimum absolute atomic E-state index is 0.291. The topological polar surface area (TPSA) is 81.2 Å². The molecular formula is C13H25N5O2. The second-order valence-electron chi connectivity index (χ2n) is 4.72. The van der Waals surface area contributed by atoms with Gasteiger partial charge < -0.3 is 20.1 Å². The van der Waals surface area contributed by atoms with Crippen molar-refractivity contribution in [2.75, 3.05) is 44.0 Å². The van der Waals surface area contributed by atoms with Crippen LogP contribution in [0.15, 0.2) is 0 Å². The molecule has 0 saturated heterocycles. The molecule has 0 spiro atoms. The highest BCUT2D eigenvalue weighted by atomic mass is 16.5. The molecule has 0 fully saturated rings. The molecule has 1 aromatic rings. The average molecular weight is 283 g/mol. The van der Waals surface area contributed by atoms with E-state index in [1.807, 2.05) is 6.92 Å². The van der Waals surface area contributed by atoms with Crippen molar-refractivity contribution in [3.8, 4) is 6.01 Å². The number of hydrogen-bond donors (Lipinski definition) is 2. The largest absolute Gasteiger partial charge is 0.467 e. The Kier molecular flexibility index (Phi) is 7.64. The first-order chi connectivity index (χ1) is 9.65. The first-order valence-electron chi connectivity index (χ1n) is 7.01. The van der Waals surface area contributed by atoms with Crippen molar-refractivity contribution in [2.45, 2.75) is 27.2 Å². The van der Waals surface area contributed by atoms with E-state index in [0.29, 0.717) is 37.0 Å². The lowest BCUT2D eigenvalue weighted by Crippen LogP contribution is -2.14. The number of hydrogen-bond acceptors (Lipinski definition) is 7. The molecule has 0 aliphatic rings. The highest BCUT2D eigenvalue weighted by Crippen LogP contribution is 2.10. The Morgan fingerprint density at radius 2 is 1.75 bits per heavy atom. The van der Waals surface area contributed by atoms with Crippen molar-refractivity contribution in [2.24, 2.45) is 5.92 Å². The lowest BCUT2D eigenvalue weighted by atomic mass is 10.1. The molecule has 7 nitrogen and oxygen atoms in total. The zero-order valence-corrected chi connectivity index (χ0v) is 12.8. The predicted octanol–water partition coefficient (Wildman–Crippen LogP) is 1.79. The summed E-state index contributed by atoms with van der Waals surface area (Å²) in [5, 5.41) is 6.13. The Balaban J connectivity index is 2.36. The van der Waals surface area contributed by atoms with Crippen LogP contribution < -0.4 is 15.4 Å². The molecule has 0 atom stereocenters. The van der Waals surface area contributed by atoms with Crippen molar-refractivity contribution < 1.29 is 9.47 Å². The SMILES string of the molecule is CCNc1nc(NCCOCCC(C)C)nc(OC)n1. The summed E-state index contributed by atoms with van der Waals surface area (Å²) in [5.41, 5.74) is 0. The zero-order valence-electron chi connectivity index (χ0n) is 12.8. The van der Waals surface area contributed by atoms with Crippen LogP contribution in [0.25, 0.3) is 0 Å². The Morgan fingerprint density at radius 1 is 1.05 bits per heavy atom. The van der Waals surface area contributed by atoms with Gasteiger partial charge in [0.25, 0.3) is 0 Å². The Bertz CT molecular complexity index is 387. The summed E-state index contributed by atoms with van der Waals surface area (Å²) in [4.78, 5) is 12.5. The van der Waals surface area contributed by atoms with Crippen LogP contribution in [-0.2, 0) is 4.74 Å². The average Bonchev–Trinajstić information content (AvgIpc) is 2.42. The summed E-state index contributed by atoms with van der Waals surface area (Å²) in [7, 11) is 1.53. The van der Waals surface area contributed by atoms with E-state index < -0.39 is 0 Å². The van der Waals surface area contributed by atoms with Crippen LogP contribution in [0.3, 0.4) is 0 Å². The molecule has 1 aromatic heterocycles. The fraction of sp³-hybridized carbons (Fsp3) is 0.769. The Morgan fingerprint density at radius 3 is 2.35 bits per heavy atom. The quantitative estimate of drug-likeness (QED) is 0.633. The van der Waals surface area contributed by atoms with Crippen LogP contribution in [0, 0.1) is 5.92 Å². The van der Waals surface area contributed by atoms with E-state index in [9.17, 15) is 0 Å². The van der Waals surface area contributed by atoms with Gasteiger partial charge in [-0.25, -0.2) is 0 Å². The van der Waals surface area contributed by atoms with E-state index >= 15 is 0 Å². The Labute approximate surface area is 120 Å². The lowest BCUT2D eigenvalue weighted by molar-refractivity contribution is 0.132. The van der Waals surface area contributed by atoms with Gasteiger partial charge in [0.15, 0.2) is 0 Å². The summed E-state index contributed by atoms with van der Waals surface area (Å²) in [6, 6.07) is 0.291. The highest BCUT2D eigenvalue weighted by Gasteiger charge is 2.05. The zero-order chi connectivity index (χ0) is 14.8. The third-order valence-corrected chi connectivity index (χ3v) is 2.50. The molecule has 0 aliphatic carbocycles. The van der Waals surface area contributed by atoms with Gasteiger partial charge in [0, 0.05) is 19.7 Å². The molecule has 0 amide bonds. The van der Waals surface area contributed by atoms with E-state index in [1.165, 1.54) is 7.11 Å². The first kappa shape index (κ1) is 16.4. The van der Waals surface area contributed by atoms with Gasteiger partial charge in [-0.1, -0.05) is 13.8 Å². The number of methoxy groups -OCH3 is 1. The van der Waals surface area contributed by atoms with Crippen molar-refractivity contribution in [1.82, 2.24) is 15.0 Å². The van der Waals surface area contributed by atoms with E-state index in [1.54, 1.807) is 0 Å². The maximum atomic E-state index is 5.52. The third-order valence-electron chi connectivity index (χ3n) is 2.50. The summed E-state index contributed by atoms with van der Waals surface area (Å²) >= 11 is 0. The molecule has 1 heterocycles. The highest BCUT2D eigenvalue weighted by molar-refractivity contribution is 5.35. The number of anilines is 2. The van der Waals surface area contributed by atoms with Gasteiger partial charge in [-0.3, -0.25) is 0 Å². The summed E-state index contributed by atoms with van der Waals surface area (Å²) in [5.74, 6) is 1.65. The maximum absolute atomic E-state index is 5.52. The molecule has 0 aromatic carbocycles. The molecule has 20 heavy (non-hydrogen) atoms. The van der Waals surface area contributed by atoms with Crippen LogP contribution in [0.5, 0.6) is 6.01 Å². The molecule has 0 aliphatic heterocycles.